The third-order valence-corrected chi connectivity index (χ3v) is 2.75. The van der Waals surface area contributed by atoms with Gasteiger partial charge in [0.1, 0.15) is 18.1 Å². The highest BCUT2D eigenvalue weighted by molar-refractivity contribution is 5.20. The van der Waals surface area contributed by atoms with Crippen molar-refractivity contribution in [2.75, 3.05) is 6.54 Å². The summed E-state index contributed by atoms with van der Waals surface area (Å²) in [6.45, 7) is 6.21. The third-order valence-electron chi connectivity index (χ3n) is 2.75. The molecule has 1 atom stereocenters. The van der Waals surface area contributed by atoms with E-state index >= 15 is 0 Å². The van der Waals surface area contributed by atoms with Crippen LogP contribution in [-0.4, -0.2) is 18.8 Å². The molecule has 1 rings (SSSR count). The van der Waals surface area contributed by atoms with Crippen LogP contribution in [0.4, 0.5) is 13.2 Å². The zero-order chi connectivity index (χ0) is 14.5. The Morgan fingerprint density at radius 2 is 2.11 bits per heavy atom. The van der Waals surface area contributed by atoms with Gasteiger partial charge in [0.05, 0.1) is 0 Å². The Hall–Kier alpha value is -1.01. The number of ether oxygens (including phenoxy) is 1. The van der Waals surface area contributed by atoms with Crippen molar-refractivity contribution in [2.45, 2.75) is 52.6 Å². The molecule has 110 valence electrons. The summed E-state index contributed by atoms with van der Waals surface area (Å²) in [6.07, 6.45) is -5.11. The summed E-state index contributed by atoms with van der Waals surface area (Å²) in [4.78, 5) is 0. The minimum Gasteiger partial charge on any atom is -0.464 e. The summed E-state index contributed by atoms with van der Waals surface area (Å²) in [5.41, 5.74) is 0.951. The molecule has 1 N–H and O–H groups in total. The number of rotatable bonds is 7. The fourth-order valence-electron chi connectivity index (χ4n) is 1.54. The predicted molar refractivity (Wildman–Crippen MR) is 65.7 cm³/mol. The second-order valence-electron chi connectivity index (χ2n) is 4.47. The van der Waals surface area contributed by atoms with E-state index in [-0.39, 0.29) is 6.61 Å². The molecule has 1 unspecified atom stereocenters. The maximum Gasteiger partial charge on any atom is 0.414 e. The van der Waals surface area contributed by atoms with Crippen LogP contribution in [0.15, 0.2) is 10.5 Å². The normalized spacial score (nSPS) is 13.8. The van der Waals surface area contributed by atoms with Crippen molar-refractivity contribution >= 4 is 0 Å². The SMILES string of the molecule is CCCNCc1cc(COC(C)C(F)(F)F)oc1C. The van der Waals surface area contributed by atoms with Crippen LogP contribution < -0.4 is 5.32 Å². The third kappa shape index (κ3) is 5.24. The van der Waals surface area contributed by atoms with Crippen molar-refractivity contribution in [3.8, 4) is 0 Å². The van der Waals surface area contributed by atoms with Gasteiger partial charge in [0, 0.05) is 12.1 Å². The molecule has 0 bridgehead atoms. The van der Waals surface area contributed by atoms with E-state index in [4.69, 9.17) is 9.15 Å². The van der Waals surface area contributed by atoms with Crippen LogP contribution in [0.1, 0.15) is 37.4 Å². The summed E-state index contributed by atoms with van der Waals surface area (Å²) in [5, 5.41) is 3.21. The largest absolute Gasteiger partial charge is 0.464 e. The molecule has 0 aliphatic rings. The van der Waals surface area contributed by atoms with Gasteiger partial charge in [0.25, 0.3) is 0 Å². The monoisotopic (exact) mass is 279 g/mol. The number of furan rings is 1. The van der Waals surface area contributed by atoms with E-state index in [1.165, 1.54) is 0 Å². The van der Waals surface area contributed by atoms with Crippen molar-refractivity contribution in [1.29, 1.82) is 0 Å². The zero-order valence-electron chi connectivity index (χ0n) is 11.4. The Morgan fingerprint density at radius 3 is 2.68 bits per heavy atom. The summed E-state index contributed by atoms with van der Waals surface area (Å²) in [7, 11) is 0. The second-order valence-corrected chi connectivity index (χ2v) is 4.47. The summed E-state index contributed by atoms with van der Waals surface area (Å²) in [5.74, 6) is 1.13. The van der Waals surface area contributed by atoms with E-state index < -0.39 is 12.3 Å². The quantitative estimate of drug-likeness (QED) is 0.775. The van der Waals surface area contributed by atoms with Gasteiger partial charge in [-0.15, -0.1) is 0 Å². The first kappa shape index (κ1) is 16.0. The van der Waals surface area contributed by atoms with Gasteiger partial charge in [0.2, 0.25) is 0 Å². The molecule has 0 aliphatic carbocycles. The number of hydrogen-bond donors (Lipinski definition) is 1. The molecular formula is C13H20F3NO2. The average molecular weight is 279 g/mol. The maximum atomic E-state index is 12.3. The van der Waals surface area contributed by atoms with Crippen LogP contribution in [0, 0.1) is 6.92 Å². The Labute approximate surface area is 111 Å². The van der Waals surface area contributed by atoms with Crippen molar-refractivity contribution in [2.24, 2.45) is 0 Å². The topological polar surface area (TPSA) is 34.4 Å². The zero-order valence-corrected chi connectivity index (χ0v) is 11.4. The van der Waals surface area contributed by atoms with E-state index in [1.807, 2.05) is 0 Å². The Morgan fingerprint density at radius 1 is 1.42 bits per heavy atom. The summed E-state index contributed by atoms with van der Waals surface area (Å²) in [6, 6.07) is 1.74. The molecule has 0 saturated carbocycles. The molecule has 0 saturated heterocycles. The first-order valence-electron chi connectivity index (χ1n) is 6.31. The van der Waals surface area contributed by atoms with Crippen molar-refractivity contribution in [3.63, 3.8) is 0 Å². The van der Waals surface area contributed by atoms with Gasteiger partial charge in [0.15, 0.2) is 6.10 Å². The maximum absolute atomic E-state index is 12.3. The average Bonchev–Trinajstić information content (AvgIpc) is 2.66. The second kappa shape index (κ2) is 6.96. The van der Waals surface area contributed by atoms with Crippen LogP contribution in [0.25, 0.3) is 0 Å². The fraction of sp³-hybridized carbons (Fsp3) is 0.692. The van der Waals surface area contributed by atoms with Crippen LogP contribution in [-0.2, 0) is 17.9 Å². The van der Waals surface area contributed by atoms with E-state index in [2.05, 4.69) is 12.2 Å². The summed E-state index contributed by atoms with van der Waals surface area (Å²) < 4.78 is 47.0. The molecule has 0 aliphatic heterocycles. The number of aryl methyl sites for hydroxylation is 1. The standard InChI is InChI=1S/C13H20F3NO2/c1-4-5-17-7-11-6-12(19-9(11)2)8-18-10(3)13(14,15)16/h6,10,17H,4-5,7-8H2,1-3H3. The molecule has 0 fully saturated rings. The van der Waals surface area contributed by atoms with Crippen LogP contribution >= 0.6 is 0 Å². The molecule has 3 nitrogen and oxygen atoms in total. The Bertz CT molecular complexity index is 388. The highest BCUT2D eigenvalue weighted by Gasteiger charge is 2.37. The van der Waals surface area contributed by atoms with Crippen molar-refractivity contribution in [3.05, 3.63) is 23.2 Å². The molecule has 19 heavy (non-hydrogen) atoms. The van der Waals surface area contributed by atoms with E-state index in [0.717, 1.165) is 25.5 Å². The van der Waals surface area contributed by atoms with Gasteiger partial charge in [-0.1, -0.05) is 6.92 Å². The van der Waals surface area contributed by atoms with Crippen LogP contribution in [0.3, 0.4) is 0 Å². The first-order chi connectivity index (χ1) is 8.84. The van der Waals surface area contributed by atoms with Crippen LogP contribution in [0.2, 0.25) is 0 Å². The van der Waals surface area contributed by atoms with E-state index in [9.17, 15) is 13.2 Å². The number of nitrogens with one attached hydrogen (secondary N) is 1. The Kier molecular flexibility index (Phi) is 5.87. The molecule has 1 heterocycles. The van der Waals surface area contributed by atoms with E-state index in [1.54, 1.807) is 13.0 Å². The lowest BCUT2D eigenvalue weighted by molar-refractivity contribution is -0.218. The molecule has 0 radical (unpaired) electrons. The van der Waals surface area contributed by atoms with Gasteiger partial charge < -0.3 is 14.5 Å². The fourth-order valence-corrected chi connectivity index (χ4v) is 1.54. The van der Waals surface area contributed by atoms with Gasteiger partial charge in [-0.25, -0.2) is 0 Å². The minimum absolute atomic E-state index is 0.171. The lowest BCUT2D eigenvalue weighted by Crippen LogP contribution is -2.28. The van der Waals surface area contributed by atoms with Gasteiger partial charge in [-0.3, -0.25) is 0 Å². The van der Waals surface area contributed by atoms with Crippen molar-refractivity contribution < 1.29 is 22.3 Å². The number of hydrogen-bond acceptors (Lipinski definition) is 3. The van der Waals surface area contributed by atoms with Gasteiger partial charge in [-0.05, 0) is 32.9 Å². The number of alkyl halides is 3. The molecule has 1 aromatic heterocycles. The lowest BCUT2D eigenvalue weighted by atomic mass is 10.2. The molecule has 6 heteroatoms. The number of halogens is 3. The van der Waals surface area contributed by atoms with Gasteiger partial charge >= 0.3 is 6.18 Å². The molecule has 0 aromatic carbocycles. The minimum atomic E-state index is -4.34. The van der Waals surface area contributed by atoms with E-state index in [0.29, 0.717) is 18.1 Å². The predicted octanol–water partition coefficient (Wildman–Crippen LogP) is 3.56. The highest BCUT2D eigenvalue weighted by atomic mass is 19.4. The van der Waals surface area contributed by atoms with Crippen molar-refractivity contribution in [1.82, 2.24) is 5.32 Å². The Balaban J connectivity index is 2.49. The lowest BCUT2D eigenvalue weighted by Gasteiger charge is -2.15. The molecular weight excluding hydrogens is 259 g/mol. The highest BCUT2D eigenvalue weighted by Crippen LogP contribution is 2.24. The molecule has 1 aromatic rings. The van der Waals surface area contributed by atoms with Gasteiger partial charge in [-0.2, -0.15) is 13.2 Å². The molecule has 0 amide bonds. The van der Waals surface area contributed by atoms with Crippen LogP contribution in [0.5, 0.6) is 0 Å². The first-order valence-corrected chi connectivity index (χ1v) is 6.31. The summed E-state index contributed by atoms with van der Waals surface area (Å²) >= 11 is 0. The smallest absolute Gasteiger partial charge is 0.414 e. The molecule has 0 spiro atoms.